The Hall–Kier alpha value is -3.73. The minimum Gasteiger partial charge on any atom is -0.325 e. The molecule has 0 aliphatic carbocycles. The first-order chi connectivity index (χ1) is 13.2. The normalized spacial score (nSPS) is 10.7. The van der Waals surface area contributed by atoms with Gasteiger partial charge in [-0.25, -0.2) is 5.10 Å². The Morgan fingerprint density at radius 1 is 0.889 bits per heavy atom. The minimum atomic E-state index is -0.267. The number of nitrogens with zero attached hydrogens (tertiary/aromatic N) is 1. The maximum absolute atomic E-state index is 12.7. The predicted octanol–water partition coefficient (Wildman–Crippen LogP) is 3.77. The third kappa shape index (κ3) is 3.62. The third-order valence-electron chi connectivity index (χ3n) is 4.39. The maximum Gasteiger partial charge on any atom is 0.264 e. The van der Waals surface area contributed by atoms with Crippen molar-refractivity contribution in [3.8, 4) is 11.3 Å². The van der Waals surface area contributed by atoms with Gasteiger partial charge in [-0.15, -0.1) is 0 Å². The number of hydrogen-bond acceptors (Lipinski definition) is 3. The quantitative estimate of drug-likeness (QED) is 0.585. The number of nitrogens with one attached hydrogen (secondary N) is 2. The highest BCUT2D eigenvalue weighted by Gasteiger charge is 2.11. The van der Waals surface area contributed by atoms with Crippen molar-refractivity contribution >= 4 is 22.4 Å². The van der Waals surface area contributed by atoms with Crippen molar-refractivity contribution in [3.63, 3.8) is 0 Å². The van der Waals surface area contributed by atoms with Gasteiger partial charge in [0.05, 0.1) is 17.8 Å². The largest absolute Gasteiger partial charge is 0.325 e. The number of amides is 1. The molecule has 2 N–H and O–H groups in total. The number of fused-ring (bicyclic) bond motifs is 1. The molecule has 0 atom stereocenters. The van der Waals surface area contributed by atoms with Crippen LogP contribution in [0.1, 0.15) is 5.56 Å². The molecule has 0 bridgehead atoms. The van der Waals surface area contributed by atoms with Crippen molar-refractivity contribution in [2.75, 3.05) is 5.32 Å². The standard InChI is InChI=1S/C22H17N3O2/c26-21-13-12-20(24-25-21)18-10-3-4-11-19(18)23-22(27)14-16-8-5-7-15-6-1-2-9-17(15)16/h1-13H,14H2,(H,23,27)(H,25,26). The first-order valence-corrected chi connectivity index (χ1v) is 8.62. The van der Waals surface area contributed by atoms with Crippen LogP contribution in [0.15, 0.2) is 83.7 Å². The molecule has 4 aromatic rings. The van der Waals surface area contributed by atoms with Crippen molar-refractivity contribution in [3.05, 3.63) is 94.8 Å². The van der Waals surface area contributed by atoms with E-state index in [4.69, 9.17) is 0 Å². The molecule has 4 rings (SSSR count). The van der Waals surface area contributed by atoms with Crippen LogP contribution in [0.25, 0.3) is 22.0 Å². The number of carbonyl (C=O) groups excluding carboxylic acids is 1. The SMILES string of the molecule is O=C(Cc1cccc2ccccc12)Nc1ccccc1-c1ccc(=O)[nH]n1. The summed E-state index contributed by atoms with van der Waals surface area (Å²) in [7, 11) is 0. The molecule has 0 aliphatic rings. The molecule has 0 saturated carbocycles. The molecule has 0 radical (unpaired) electrons. The Labute approximate surface area is 155 Å². The first-order valence-electron chi connectivity index (χ1n) is 8.62. The molecule has 132 valence electrons. The highest BCUT2D eigenvalue weighted by atomic mass is 16.1. The average molecular weight is 355 g/mol. The van der Waals surface area contributed by atoms with Crippen LogP contribution in [-0.4, -0.2) is 16.1 Å². The summed E-state index contributed by atoms with van der Waals surface area (Å²) in [5.41, 5.74) is 2.71. The maximum atomic E-state index is 12.7. The molecular formula is C22H17N3O2. The lowest BCUT2D eigenvalue weighted by Gasteiger charge is -2.11. The summed E-state index contributed by atoms with van der Waals surface area (Å²) in [6, 6.07) is 24.4. The van der Waals surface area contributed by atoms with Gasteiger partial charge in [-0.2, -0.15) is 5.10 Å². The zero-order valence-electron chi connectivity index (χ0n) is 14.5. The Balaban J connectivity index is 1.60. The summed E-state index contributed by atoms with van der Waals surface area (Å²) in [6.07, 6.45) is 0.273. The van der Waals surface area contributed by atoms with Crippen LogP contribution in [0.2, 0.25) is 0 Å². The molecule has 27 heavy (non-hydrogen) atoms. The fourth-order valence-corrected chi connectivity index (χ4v) is 3.12. The lowest BCUT2D eigenvalue weighted by atomic mass is 10.0. The van der Waals surface area contributed by atoms with Gasteiger partial charge in [0.15, 0.2) is 0 Å². The lowest BCUT2D eigenvalue weighted by Crippen LogP contribution is -2.15. The van der Waals surface area contributed by atoms with Gasteiger partial charge in [0.1, 0.15) is 0 Å². The second-order valence-electron chi connectivity index (χ2n) is 6.22. The van der Waals surface area contributed by atoms with Gasteiger partial charge in [0, 0.05) is 11.6 Å². The zero-order valence-corrected chi connectivity index (χ0v) is 14.5. The number of anilines is 1. The number of aromatic nitrogens is 2. The van der Waals surface area contributed by atoms with E-state index < -0.39 is 0 Å². The van der Waals surface area contributed by atoms with Gasteiger partial charge in [-0.05, 0) is 28.5 Å². The number of benzene rings is 3. The van der Waals surface area contributed by atoms with E-state index in [1.54, 1.807) is 6.07 Å². The molecule has 5 nitrogen and oxygen atoms in total. The molecular weight excluding hydrogens is 338 g/mol. The predicted molar refractivity (Wildman–Crippen MR) is 107 cm³/mol. The van der Waals surface area contributed by atoms with E-state index in [1.165, 1.54) is 6.07 Å². The first kappa shape index (κ1) is 16.7. The highest BCUT2D eigenvalue weighted by Crippen LogP contribution is 2.26. The summed E-state index contributed by atoms with van der Waals surface area (Å²) in [5, 5.41) is 11.6. The van der Waals surface area contributed by atoms with Crippen molar-refractivity contribution in [1.29, 1.82) is 0 Å². The van der Waals surface area contributed by atoms with E-state index in [1.807, 2.05) is 66.7 Å². The second-order valence-corrected chi connectivity index (χ2v) is 6.22. The number of hydrogen-bond donors (Lipinski definition) is 2. The summed E-state index contributed by atoms with van der Waals surface area (Å²) in [4.78, 5) is 23.9. The Morgan fingerprint density at radius 3 is 2.52 bits per heavy atom. The van der Waals surface area contributed by atoms with E-state index in [-0.39, 0.29) is 17.9 Å². The lowest BCUT2D eigenvalue weighted by molar-refractivity contribution is -0.115. The summed E-state index contributed by atoms with van der Waals surface area (Å²) in [5.74, 6) is -0.108. The van der Waals surface area contributed by atoms with Crippen molar-refractivity contribution in [2.24, 2.45) is 0 Å². The number of carbonyl (C=O) groups is 1. The van der Waals surface area contributed by atoms with Gasteiger partial charge in [0.2, 0.25) is 5.91 Å². The number of para-hydroxylation sites is 1. The number of rotatable bonds is 4. The van der Waals surface area contributed by atoms with Crippen LogP contribution in [0.3, 0.4) is 0 Å². The monoisotopic (exact) mass is 355 g/mol. The molecule has 1 aromatic heterocycles. The molecule has 0 aliphatic heterocycles. The van der Waals surface area contributed by atoms with E-state index in [2.05, 4.69) is 15.5 Å². The Kier molecular flexibility index (Phi) is 4.49. The average Bonchev–Trinajstić information content (AvgIpc) is 2.69. The van der Waals surface area contributed by atoms with Crippen LogP contribution in [0.4, 0.5) is 5.69 Å². The molecule has 1 heterocycles. The van der Waals surface area contributed by atoms with E-state index in [9.17, 15) is 9.59 Å². The van der Waals surface area contributed by atoms with E-state index in [0.717, 1.165) is 21.9 Å². The van der Waals surface area contributed by atoms with Gasteiger partial charge in [-0.3, -0.25) is 9.59 Å². The summed E-state index contributed by atoms with van der Waals surface area (Å²) >= 11 is 0. The van der Waals surface area contributed by atoms with Crippen LogP contribution >= 0.6 is 0 Å². The van der Waals surface area contributed by atoms with Crippen LogP contribution in [0.5, 0.6) is 0 Å². The Morgan fingerprint density at radius 2 is 1.67 bits per heavy atom. The van der Waals surface area contributed by atoms with Gasteiger partial charge in [-0.1, -0.05) is 60.7 Å². The molecule has 0 fully saturated rings. The van der Waals surface area contributed by atoms with E-state index >= 15 is 0 Å². The minimum absolute atomic E-state index is 0.108. The Bertz CT molecular complexity index is 1160. The summed E-state index contributed by atoms with van der Waals surface area (Å²) < 4.78 is 0. The molecule has 0 saturated heterocycles. The van der Waals surface area contributed by atoms with E-state index in [0.29, 0.717) is 11.4 Å². The van der Waals surface area contributed by atoms with Crippen molar-refractivity contribution < 1.29 is 4.79 Å². The van der Waals surface area contributed by atoms with Crippen molar-refractivity contribution in [2.45, 2.75) is 6.42 Å². The molecule has 5 heteroatoms. The molecule has 1 amide bonds. The van der Waals surface area contributed by atoms with Gasteiger partial charge >= 0.3 is 0 Å². The van der Waals surface area contributed by atoms with Crippen LogP contribution in [-0.2, 0) is 11.2 Å². The fraction of sp³-hybridized carbons (Fsp3) is 0.0455. The fourth-order valence-electron chi connectivity index (χ4n) is 3.12. The van der Waals surface area contributed by atoms with Crippen LogP contribution < -0.4 is 10.9 Å². The topological polar surface area (TPSA) is 74.8 Å². The highest BCUT2D eigenvalue weighted by molar-refractivity contribution is 5.98. The van der Waals surface area contributed by atoms with Gasteiger partial charge < -0.3 is 5.32 Å². The second kappa shape index (κ2) is 7.25. The molecule has 0 spiro atoms. The third-order valence-corrected chi connectivity index (χ3v) is 4.39. The molecule has 3 aromatic carbocycles. The smallest absolute Gasteiger partial charge is 0.264 e. The summed E-state index contributed by atoms with van der Waals surface area (Å²) in [6.45, 7) is 0. The molecule has 0 unspecified atom stereocenters. The van der Waals surface area contributed by atoms with Crippen LogP contribution in [0, 0.1) is 0 Å². The number of H-pyrrole nitrogens is 1. The van der Waals surface area contributed by atoms with Gasteiger partial charge in [0.25, 0.3) is 5.56 Å². The van der Waals surface area contributed by atoms with Crippen molar-refractivity contribution in [1.82, 2.24) is 10.2 Å². The number of aromatic amines is 1. The zero-order chi connectivity index (χ0) is 18.6.